The van der Waals surface area contributed by atoms with Crippen molar-refractivity contribution in [1.29, 1.82) is 0 Å². The first-order valence-electron chi connectivity index (χ1n) is 4.58. The van der Waals surface area contributed by atoms with E-state index in [9.17, 15) is 4.79 Å². The second-order valence-electron chi connectivity index (χ2n) is 3.96. The van der Waals surface area contributed by atoms with Crippen LogP contribution in [0.4, 0.5) is 0 Å². The van der Waals surface area contributed by atoms with Gasteiger partial charge < -0.3 is 16.2 Å². The average Bonchev–Trinajstić information content (AvgIpc) is 2.03. The Kier molecular flexibility index (Phi) is 4.95. The lowest BCUT2D eigenvalue weighted by atomic mass is 10.1. The predicted octanol–water partition coefficient (Wildman–Crippen LogP) is 0.000900. The second-order valence-corrected chi connectivity index (χ2v) is 3.96. The molecule has 0 saturated carbocycles. The molecule has 1 atom stereocenters. The van der Waals surface area contributed by atoms with Crippen molar-refractivity contribution in [3.8, 4) is 0 Å². The highest BCUT2D eigenvalue weighted by atomic mass is 16.3. The van der Waals surface area contributed by atoms with Gasteiger partial charge in [0.05, 0.1) is 12.1 Å². The summed E-state index contributed by atoms with van der Waals surface area (Å²) in [6.07, 6.45) is 1.10. The predicted molar refractivity (Wildman–Crippen MR) is 52.2 cm³/mol. The first-order valence-corrected chi connectivity index (χ1v) is 4.58. The Morgan fingerprint density at radius 3 is 2.54 bits per heavy atom. The van der Waals surface area contributed by atoms with Gasteiger partial charge in [0.15, 0.2) is 0 Å². The van der Waals surface area contributed by atoms with Crippen LogP contribution in [0.25, 0.3) is 0 Å². The minimum Gasteiger partial charge on any atom is -0.394 e. The first-order chi connectivity index (χ1) is 5.91. The molecule has 4 nitrogen and oxygen atoms in total. The van der Waals surface area contributed by atoms with Gasteiger partial charge in [-0.1, -0.05) is 6.92 Å². The number of nitrogens with one attached hydrogen (secondary N) is 1. The molecule has 1 amide bonds. The van der Waals surface area contributed by atoms with Gasteiger partial charge in [-0.25, -0.2) is 0 Å². The molecule has 0 aliphatic carbocycles. The first kappa shape index (κ1) is 12.4. The summed E-state index contributed by atoms with van der Waals surface area (Å²) < 4.78 is 0. The lowest BCUT2D eigenvalue weighted by molar-refractivity contribution is -0.123. The van der Waals surface area contributed by atoms with Crippen LogP contribution in [0.2, 0.25) is 0 Å². The van der Waals surface area contributed by atoms with E-state index in [1.807, 2.05) is 6.92 Å². The number of aliphatic hydroxyl groups excluding tert-OH is 1. The van der Waals surface area contributed by atoms with Crippen molar-refractivity contribution >= 4 is 5.91 Å². The number of hydrogen-bond donors (Lipinski definition) is 3. The third kappa shape index (κ3) is 5.60. The Balaban J connectivity index is 3.87. The fraction of sp³-hybridized carbons (Fsp3) is 0.889. The van der Waals surface area contributed by atoms with Gasteiger partial charge in [0.2, 0.25) is 5.91 Å². The molecule has 0 radical (unpaired) electrons. The highest BCUT2D eigenvalue weighted by molar-refractivity contribution is 5.77. The summed E-state index contributed by atoms with van der Waals surface area (Å²) in [7, 11) is 0. The second kappa shape index (κ2) is 5.19. The van der Waals surface area contributed by atoms with E-state index in [-0.39, 0.29) is 18.6 Å². The van der Waals surface area contributed by atoms with Crippen LogP contribution in [0.5, 0.6) is 0 Å². The summed E-state index contributed by atoms with van der Waals surface area (Å²) in [5.74, 6) is -0.103. The Morgan fingerprint density at radius 1 is 1.62 bits per heavy atom. The van der Waals surface area contributed by atoms with Crippen molar-refractivity contribution in [2.75, 3.05) is 6.61 Å². The minimum atomic E-state index is -0.551. The Hall–Kier alpha value is -0.610. The molecule has 0 fully saturated rings. The maximum atomic E-state index is 11.3. The molecule has 4 heteroatoms. The summed E-state index contributed by atoms with van der Waals surface area (Å²) in [6, 6.07) is -0.0884. The lowest BCUT2D eigenvalue weighted by Gasteiger charge is -2.24. The van der Waals surface area contributed by atoms with Gasteiger partial charge in [-0.05, 0) is 20.3 Å². The van der Waals surface area contributed by atoms with Crippen molar-refractivity contribution in [2.24, 2.45) is 5.73 Å². The van der Waals surface area contributed by atoms with Gasteiger partial charge >= 0.3 is 0 Å². The molecule has 0 rings (SSSR count). The normalized spacial score (nSPS) is 13.9. The van der Waals surface area contributed by atoms with E-state index in [1.54, 1.807) is 13.8 Å². The molecule has 13 heavy (non-hydrogen) atoms. The Labute approximate surface area is 79.5 Å². The molecular weight excluding hydrogens is 168 g/mol. The molecular formula is C9H20N2O2. The zero-order valence-corrected chi connectivity index (χ0v) is 8.63. The lowest BCUT2D eigenvalue weighted by Crippen LogP contribution is -2.47. The van der Waals surface area contributed by atoms with Crippen molar-refractivity contribution in [3.63, 3.8) is 0 Å². The number of carbonyl (C=O) groups is 1. The fourth-order valence-electron chi connectivity index (χ4n) is 0.850. The molecule has 1 unspecified atom stereocenters. The molecule has 0 aliphatic heterocycles. The molecule has 0 bridgehead atoms. The summed E-state index contributed by atoms with van der Waals surface area (Å²) in [5, 5.41) is 11.6. The van der Waals surface area contributed by atoms with Gasteiger partial charge in [-0.2, -0.15) is 0 Å². The number of hydrogen-bond acceptors (Lipinski definition) is 3. The van der Waals surface area contributed by atoms with Crippen LogP contribution in [-0.4, -0.2) is 29.2 Å². The van der Waals surface area contributed by atoms with E-state index in [2.05, 4.69) is 5.32 Å². The number of nitrogens with two attached hydrogens (primary N) is 1. The highest BCUT2D eigenvalue weighted by Gasteiger charge is 2.19. The summed E-state index contributed by atoms with van der Waals surface area (Å²) in [4.78, 5) is 11.3. The molecule has 0 heterocycles. The van der Waals surface area contributed by atoms with Crippen LogP contribution < -0.4 is 11.1 Å². The zero-order chi connectivity index (χ0) is 10.5. The minimum absolute atomic E-state index is 0.0693. The molecule has 0 saturated heterocycles. The zero-order valence-electron chi connectivity index (χ0n) is 8.63. The van der Waals surface area contributed by atoms with Crippen LogP contribution in [0.1, 0.15) is 33.6 Å². The molecule has 0 spiro atoms. The van der Waals surface area contributed by atoms with Gasteiger partial charge in [-0.15, -0.1) is 0 Å². The van der Waals surface area contributed by atoms with Gasteiger partial charge in [0.25, 0.3) is 0 Å². The van der Waals surface area contributed by atoms with Crippen LogP contribution in [0, 0.1) is 0 Å². The third-order valence-electron chi connectivity index (χ3n) is 1.85. The van der Waals surface area contributed by atoms with Crippen molar-refractivity contribution in [2.45, 2.75) is 45.2 Å². The number of rotatable bonds is 5. The quantitative estimate of drug-likeness (QED) is 0.568. The average molecular weight is 188 g/mol. The summed E-state index contributed by atoms with van der Waals surface area (Å²) >= 11 is 0. The van der Waals surface area contributed by atoms with E-state index in [1.165, 1.54) is 0 Å². The van der Waals surface area contributed by atoms with Gasteiger partial charge in [0.1, 0.15) is 0 Å². The van der Waals surface area contributed by atoms with Crippen molar-refractivity contribution in [1.82, 2.24) is 5.32 Å². The SMILES string of the molecule is CCC(N)CC(=O)NC(C)(C)CO. The van der Waals surface area contributed by atoms with E-state index < -0.39 is 5.54 Å². The summed E-state index contributed by atoms with van der Waals surface area (Å²) in [5.41, 5.74) is 5.06. The standard InChI is InChI=1S/C9H20N2O2/c1-4-7(10)5-8(13)11-9(2,3)6-12/h7,12H,4-6,10H2,1-3H3,(H,11,13). The smallest absolute Gasteiger partial charge is 0.222 e. The molecule has 0 aromatic carbocycles. The monoisotopic (exact) mass is 188 g/mol. The van der Waals surface area contributed by atoms with Gasteiger partial charge in [-0.3, -0.25) is 4.79 Å². The largest absolute Gasteiger partial charge is 0.394 e. The number of amides is 1. The third-order valence-corrected chi connectivity index (χ3v) is 1.85. The highest BCUT2D eigenvalue weighted by Crippen LogP contribution is 2.01. The number of aliphatic hydroxyl groups is 1. The Morgan fingerprint density at radius 2 is 2.15 bits per heavy atom. The topological polar surface area (TPSA) is 75.4 Å². The van der Waals surface area contributed by atoms with E-state index in [4.69, 9.17) is 10.8 Å². The van der Waals surface area contributed by atoms with Gasteiger partial charge in [0, 0.05) is 12.5 Å². The Bertz CT molecular complexity index is 169. The van der Waals surface area contributed by atoms with Crippen molar-refractivity contribution in [3.05, 3.63) is 0 Å². The molecule has 78 valence electrons. The maximum Gasteiger partial charge on any atom is 0.222 e. The summed E-state index contributed by atoms with van der Waals surface area (Å²) in [6.45, 7) is 5.40. The van der Waals surface area contributed by atoms with E-state index in [0.717, 1.165) is 6.42 Å². The number of carbonyl (C=O) groups excluding carboxylic acids is 1. The molecule has 0 aromatic heterocycles. The molecule has 0 aromatic rings. The maximum absolute atomic E-state index is 11.3. The van der Waals surface area contributed by atoms with E-state index >= 15 is 0 Å². The van der Waals surface area contributed by atoms with Crippen LogP contribution >= 0.6 is 0 Å². The van der Waals surface area contributed by atoms with Crippen LogP contribution in [-0.2, 0) is 4.79 Å². The van der Waals surface area contributed by atoms with Crippen LogP contribution in [0.15, 0.2) is 0 Å². The van der Waals surface area contributed by atoms with E-state index in [0.29, 0.717) is 6.42 Å². The fourth-order valence-corrected chi connectivity index (χ4v) is 0.850. The van der Waals surface area contributed by atoms with Crippen molar-refractivity contribution < 1.29 is 9.90 Å². The van der Waals surface area contributed by atoms with Crippen LogP contribution in [0.3, 0.4) is 0 Å². The molecule has 4 N–H and O–H groups in total. The molecule has 0 aliphatic rings.